The number of nitrogens with zero attached hydrogens (tertiary/aromatic N) is 1. The summed E-state index contributed by atoms with van der Waals surface area (Å²) in [5.74, 6) is -0.693. The molecule has 1 heterocycles. The molecule has 0 aliphatic rings. The Hall–Kier alpha value is -2.90. The van der Waals surface area contributed by atoms with Crippen LogP contribution in [0.4, 0.5) is 0 Å². The van der Waals surface area contributed by atoms with Crippen molar-refractivity contribution in [3.8, 4) is 0 Å². The molecule has 0 bridgehead atoms. The van der Waals surface area contributed by atoms with Crippen molar-refractivity contribution in [3.63, 3.8) is 0 Å². The molecule has 29 heavy (non-hydrogen) atoms. The van der Waals surface area contributed by atoms with E-state index in [9.17, 15) is 13.2 Å². The molecule has 0 saturated carbocycles. The van der Waals surface area contributed by atoms with Crippen LogP contribution in [0.2, 0.25) is 0 Å². The molecule has 152 valence electrons. The number of benzene rings is 2. The smallest absolute Gasteiger partial charge is 0.268 e. The van der Waals surface area contributed by atoms with E-state index >= 15 is 0 Å². The maximum absolute atomic E-state index is 13.3. The number of hydrogen-bond donors (Lipinski definition) is 2. The van der Waals surface area contributed by atoms with Crippen molar-refractivity contribution in [1.29, 1.82) is 0 Å². The van der Waals surface area contributed by atoms with E-state index < -0.39 is 15.9 Å². The fourth-order valence-electron chi connectivity index (χ4n) is 3.18. The Morgan fingerprint density at radius 1 is 1.14 bits per heavy atom. The van der Waals surface area contributed by atoms with Crippen molar-refractivity contribution in [3.05, 3.63) is 71.9 Å². The molecule has 0 aliphatic carbocycles. The Balaban J connectivity index is 2.03. The molecule has 1 aromatic heterocycles. The van der Waals surface area contributed by atoms with Gasteiger partial charge in [-0.2, -0.15) is 0 Å². The predicted octanol–water partition coefficient (Wildman–Crippen LogP) is 3.99. The zero-order valence-electron chi connectivity index (χ0n) is 16.6. The largest absolute Gasteiger partial charge is 0.288 e. The lowest BCUT2D eigenvalue weighted by Crippen LogP contribution is -2.15. The number of nitrogens with one attached hydrogen (secondary N) is 1. The first-order chi connectivity index (χ1) is 13.6. The van der Waals surface area contributed by atoms with Gasteiger partial charge in [0.25, 0.3) is 15.9 Å². The normalized spacial score (nSPS) is 12.6. The Morgan fingerprint density at radius 2 is 1.90 bits per heavy atom. The lowest BCUT2D eigenvalue weighted by molar-refractivity contribution is -0.124. The molecule has 0 saturated heterocycles. The van der Waals surface area contributed by atoms with Gasteiger partial charge in [-0.1, -0.05) is 45.0 Å². The highest BCUT2D eigenvalue weighted by Crippen LogP contribution is 2.27. The second-order valence-electron chi connectivity index (χ2n) is 8.13. The summed E-state index contributed by atoms with van der Waals surface area (Å²) in [5.41, 5.74) is 3.82. The van der Waals surface area contributed by atoms with Crippen molar-refractivity contribution in [2.75, 3.05) is 0 Å². The fourth-order valence-corrected chi connectivity index (χ4v) is 4.58. The molecule has 2 N–H and O–H groups in total. The lowest BCUT2D eigenvalue weighted by Gasteiger charge is -2.18. The number of carbonyl (C=O) groups excluding carboxylic acids is 1. The van der Waals surface area contributed by atoms with Crippen LogP contribution in [-0.4, -0.2) is 23.5 Å². The number of aromatic nitrogens is 1. The van der Waals surface area contributed by atoms with Crippen LogP contribution in [0.15, 0.2) is 65.7 Å². The molecular formula is C22H24N2O4S. The Labute approximate surface area is 170 Å². The molecule has 3 aromatic rings. The zero-order valence-corrected chi connectivity index (χ0v) is 17.4. The lowest BCUT2D eigenvalue weighted by atomic mass is 9.88. The number of rotatable bonds is 5. The number of carbonyl (C=O) groups is 1. The van der Waals surface area contributed by atoms with Gasteiger partial charge < -0.3 is 0 Å². The average molecular weight is 413 g/mol. The second-order valence-corrected chi connectivity index (χ2v) is 9.94. The van der Waals surface area contributed by atoms with Gasteiger partial charge in [-0.25, -0.2) is 17.9 Å². The van der Waals surface area contributed by atoms with E-state index in [1.54, 1.807) is 24.4 Å². The van der Waals surface area contributed by atoms with Gasteiger partial charge in [0, 0.05) is 17.7 Å². The Bertz CT molecular complexity index is 1180. The highest BCUT2D eigenvalue weighted by molar-refractivity contribution is 7.90. The van der Waals surface area contributed by atoms with Gasteiger partial charge in [-0.3, -0.25) is 10.0 Å². The summed E-state index contributed by atoms with van der Waals surface area (Å²) in [4.78, 5) is 11.3. The van der Waals surface area contributed by atoms with Crippen molar-refractivity contribution >= 4 is 32.9 Å². The summed E-state index contributed by atoms with van der Waals surface area (Å²) in [5, 5.41) is 9.41. The minimum absolute atomic E-state index is 0.0888. The molecule has 7 heteroatoms. The van der Waals surface area contributed by atoms with Crippen molar-refractivity contribution in [2.45, 2.75) is 32.1 Å². The average Bonchev–Trinajstić information content (AvgIpc) is 3.09. The predicted molar refractivity (Wildman–Crippen MR) is 113 cm³/mol. The van der Waals surface area contributed by atoms with Crippen molar-refractivity contribution in [2.24, 2.45) is 5.41 Å². The van der Waals surface area contributed by atoms with Crippen LogP contribution < -0.4 is 5.48 Å². The third-order valence-electron chi connectivity index (χ3n) is 4.41. The molecule has 0 aliphatic heterocycles. The summed E-state index contributed by atoms with van der Waals surface area (Å²) in [6, 6.07) is 14.0. The van der Waals surface area contributed by atoms with E-state index in [0.29, 0.717) is 11.1 Å². The first-order valence-corrected chi connectivity index (χ1v) is 10.6. The van der Waals surface area contributed by atoms with Crippen LogP contribution in [0, 0.1) is 5.41 Å². The number of hydroxylamine groups is 1. The highest BCUT2D eigenvalue weighted by Gasteiger charge is 2.20. The SMILES string of the molecule is CC(C)(C)Cc1ccc2ccn(S(=O)(=O)c3cccc(/C=C/C(=O)NO)c3)c2c1. The third-order valence-corrected chi connectivity index (χ3v) is 6.09. The van der Waals surface area contributed by atoms with E-state index in [1.807, 2.05) is 18.2 Å². The highest BCUT2D eigenvalue weighted by atomic mass is 32.2. The fraction of sp³-hybridized carbons (Fsp3) is 0.227. The second kappa shape index (κ2) is 7.85. The Kier molecular flexibility index (Phi) is 5.64. The summed E-state index contributed by atoms with van der Waals surface area (Å²) in [6.07, 6.45) is 4.94. The molecule has 0 unspecified atom stereocenters. The Morgan fingerprint density at radius 3 is 2.59 bits per heavy atom. The molecule has 2 aromatic carbocycles. The number of hydrogen-bond acceptors (Lipinski definition) is 4. The van der Waals surface area contributed by atoms with Gasteiger partial charge in [0.1, 0.15) is 0 Å². The molecular weight excluding hydrogens is 388 g/mol. The van der Waals surface area contributed by atoms with Gasteiger partial charge in [0.2, 0.25) is 0 Å². The molecule has 3 rings (SSSR count). The molecule has 0 fully saturated rings. The van der Waals surface area contributed by atoms with Gasteiger partial charge in [-0.05, 0) is 53.3 Å². The minimum Gasteiger partial charge on any atom is -0.288 e. The van der Waals surface area contributed by atoms with E-state index in [0.717, 1.165) is 23.4 Å². The van der Waals surface area contributed by atoms with Gasteiger partial charge >= 0.3 is 0 Å². The number of fused-ring (bicyclic) bond motifs is 1. The first-order valence-electron chi connectivity index (χ1n) is 9.18. The van der Waals surface area contributed by atoms with Gasteiger partial charge in [0.05, 0.1) is 10.4 Å². The standard InChI is InChI=1S/C22H24N2O4S/c1-22(2,3)15-17-7-9-18-11-12-24(20(18)14-17)29(27,28)19-6-4-5-16(13-19)8-10-21(25)23-26/h4-14,26H,15H2,1-3H3,(H,23,25)/b10-8+. The van der Waals surface area contributed by atoms with Crippen LogP contribution in [-0.2, 0) is 21.2 Å². The monoisotopic (exact) mass is 412 g/mol. The van der Waals surface area contributed by atoms with Gasteiger partial charge in [-0.15, -0.1) is 0 Å². The topological polar surface area (TPSA) is 88.4 Å². The molecule has 0 atom stereocenters. The minimum atomic E-state index is -3.82. The summed E-state index contributed by atoms with van der Waals surface area (Å²) in [6.45, 7) is 6.43. The third kappa shape index (κ3) is 4.75. The number of amides is 1. The maximum Gasteiger partial charge on any atom is 0.268 e. The van der Waals surface area contributed by atoms with Gasteiger partial charge in [0.15, 0.2) is 0 Å². The van der Waals surface area contributed by atoms with Crippen LogP contribution >= 0.6 is 0 Å². The zero-order chi connectivity index (χ0) is 21.2. The maximum atomic E-state index is 13.3. The first kappa shape index (κ1) is 20.8. The molecule has 0 spiro atoms. The molecule has 6 nitrogen and oxygen atoms in total. The summed E-state index contributed by atoms with van der Waals surface area (Å²) in [7, 11) is -3.82. The van der Waals surface area contributed by atoms with Crippen LogP contribution in [0.3, 0.4) is 0 Å². The van der Waals surface area contributed by atoms with E-state index in [2.05, 4.69) is 20.8 Å². The molecule has 1 amide bonds. The van der Waals surface area contributed by atoms with E-state index in [4.69, 9.17) is 5.21 Å². The van der Waals surface area contributed by atoms with Crippen LogP contribution in [0.25, 0.3) is 17.0 Å². The quantitative estimate of drug-likeness (QED) is 0.377. The molecule has 0 radical (unpaired) electrons. The van der Waals surface area contributed by atoms with Crippen molar-refractivity contribution in [1.82, 2.24) is 9.45 Å². The summed E-state index contributed by atoms with van der Waals surface area (Å²) >= 11 is 0. The van der Waals surface area contributed by atoms with E-state index in [-0.39, 0.29) is 10.3 Å². The van der Waals surface area contributed by atoms with Crippen LogP contribution in [0.1, 0.15) is 31.9 Å². The van der Waals surface area contributed by atoms with Crippen molar-refractivity contribution < 1.29 is 18.4 Å². The van der Waals surface area contributed by atoms with Crippen LogP contribution in [0.5, 0.6) is 0 Å². The summed E-state index contributed by atoms with van der Waals surface area (Å²) < 4.78 is 27.8. The van der Waals surface area contributed by atoms with E-state index in [1.165, 1.54) is 27.7 Å².